The summed E-state index contributed by atoms with van der Waals surface area (Å²) in [5.74, 6) is 2.23. The van der Waals surface area contributed by atoms with E-state index in [2.05, 4.69) is 25.3 Å². The van der Waals surface area contributed by atoms with Crippen LogP contribution in [0.1, 0.15) is 28.3 Å². The molecule has 9 heteroatoms. The first-order valence-electron chi connectivity index (χ1n) is 5.84. The first-order chi connectivity index (χ1) is 9.69. The Bertz CT molecular complexity index is 705. The summed E-state index contributed by atoms with van der Waals surface area (Å²) in [7, 11) is 0. The van der Waals surface area contributed by atoms with E-state index in [1.807, 2.05) is 12.3 Å². The summed E-state index contributed by atoms with van der Waals surface area (Å²) < 4.78 is 10.6. The Morgan fingerprint density at radius 2 is 2.10 bits per heavy atom. The molecule has 3 heterocycles. The first-order valence-corrected chi connectivity index (χ1v) is 7.71. The number of aryl methyl sites for hydroxylation is 2. The number of thiazole rings is 1. The number of aromatic nitrogens is 5. The van der Waals surface area contributed by atoms with Crippen LogP contribution in [-0.4, -0.2) is 25.3 Å². The van der Waals surface area contributed by atoms with Gasteiger partial charge in [0.15, 0.2) is 5.82 Å². The van der Waals surface area contributed by atoms with Crippen LogP contribution in [0.25, 0.3) is 0 Å². The van der Waals surface area contributed by atoms with Gasteiger partial charge in [-0.2, -0.15) is 4.98 Å². The maximum absolute atomic E-state index is 5.54. The molecule has 0 atom stereocenters. The molecule has 0 spiro atoms. The molecule has 20 heavy (non-hydrogen) atoms. The van der Waals surface area contributed by atoms with Crippen molar-refractivity contribution in [2.45, 2.75) is 31.2 Å². The Balaban J connectivity index is 1.59. The summed E-state index contributed by atoms with van der Waals surface area (Å²) in [6.07, 6.45) is 0.553. The molecule has 3 aromatic heterocycles. The van der Waals surface area contributed by atoms with Gasteiger partial charge in [-0.3, -0.25) is 0 Å². The smallest absolute Gasteiger partial charge is 0.277 e. The molecule has 0 saturated carbocycles. The van der Waals surface area contributed by atoms with Gasteiger partial charge in [-0.25, -0.2) is 4.98 Å². The zero-order valence-corrected chi connectivity index (χ0v) is 12.5. The van der Waals surface area contributed by atoms with Crippen LogP contribution in [0.4, 0.5) is 0 Å². The van der Waals surface area contributed by atoms with Crippen molar-refractivity contribution < 1.29 is 8.94 Å². The molecule has 0 aliphatic rings. The number of thioether (sulfide) groups is 1. The van der Waals surface area contributed by atoms with Crippen molar-refractivity contribution in [3.8, 4) is 0 Å². The Morgan fingerprint density at radius 1 is 1.20 bits per heavy atom. The van der Waals surface area contributed by atoms with Crippen molar-refractivity contribution in [3.05, 3.63) is 33.7 Å². The molecule has 0 aliphatic heterocycles. The molecule has 3 aromatic rings. The van der Waals surface area contributed by atoms with Gasteiger partial charge in [0.25, 0.3) is 5.22 Å². The molecule has 0 aliphatic carbocycles. The predicted molar refractivity (Wildman–Crippen MR) is 72.6 cm³/mol. The summed E-state index contributed by atoms with van der Waals surface area (Å²) in [6.45, 7) is 3.74. The SMILES string of the molecule is Cc1noc(CSc2nnc(Cc3csc(C)n3)o2)n1. The average molecular weight is 309 g/mol. The normalized spacial score (nSPS) is 11.1. The highest BCUT2D eigenvalue weighted by Gasteiger charge is 2.11. The molecule has 0 bridgehead atoms. The van der Waals surface area contributed by atoms with Gasteiger partial charge in [0, 0.05) is 5.38 Å². The van der Waals surface area contributed by atoms with Gasteiger partial charge in [0.05, 0.1) is 22.9 Å². The molecule has 0 amide bonds. The summed E-state index contributed by atoms with van der Waals surface area (Å²) in [5, 5.41) is 15.2. The third-order valence-electron chi connectivity index (χ3n) is 2.34. The lowest BCUT2D eigenvalue weighted by Gasteiger charge is -1.90. The Labute approximate surface area is 122 Å². The van der Waals surface area contributed by atoms with E-state index >= 15 is 0 Å². The van der Waals surface area contributed by atoms with Crippen LogP contribution < -0.4 is 0 Å². The van der Waals surface area contributed by atoms with Gasteiger partial charge in [0.1, 0.15) is 0 Å². The van der Waals surface area contributed by atoms with Crippen LogP contribution in [0.5, 0.6) is 0 Å². The largest absolute Gasteiger partial charge is 0.416 e. The lowest BCUT2D eigenvalue weighted by Crippen LogP contribution is -1.88. The minimum absolute atomic E-state index is 0.489. The maximum Gasteiger partial charge on any atom is 0.277 e. The van der Waals surface area contributed by atoms with Gasteiger partial charge in [0.2, 0.25) is 11.8 Å². The Kier molecular flexibility index (Phi) is 3.79. The number of nitrogens with zero attached hydrogens (tertiary/aromatic N) is 5. The van der Waals surface area contributed by atoms with Crippen LogP contribution in [0.3, 0.4) is 0 Å². The zero-order chi connectivity index (χ0) is 13.9. The highest BCUT2D eigenvalue weighted by atomic mass is 32.2. The highest BCUT2D eigenvalue weighted by Crippen LogP contribution is 2.21. The molecule has 0 fully saturated rings. The lowest BCUT2D eigenvalue weighted by molar-refractivity contribution is 0.385. The van der Waals surface area contributed by atoms with Crippen LogP contribution >= 0.6 is 23.1 Å². The monoisotopic (exact) mass is 309 g/mol. The summed E-state index contributed by atoms with van der Waals surface area (Å²) in [6, 6.07) is 0. The second-order valence-corrected chi connectivity index (χ2v) is 6.01. The quantitative estimate of drug-likeness (QED) is 0.664. The van der Waals surface area contributed by atoms with Crippen LogP contribution in [0.2, 0.25) is 0 Å². The van der Waals surface area contributed by atoms with Crippen molar-refractivity contribution in [2.24, 2.45) is 0 Å². The van der Waals surface area contributed by atoms with Gasteiger partial charge in [-0.05, 0) is 13.8 Å². The third-order valence-corrected chi connectivity index (χ3v) is 3.96. The first kappa shape index (κ1) is 13.3. The highest BCUT2D eigenvalue weighted by molar-refractivity contribution is 7.98. The molecule has 0 aromatic carbocycles. The van der Waals surface area contributed by atoms with E-state index in [0.717, 1.165) is 10.7 Å². The molecular formula is C11H11N5O2S2. The minimum atomic E-state index is 0.489. The van der Waals surface area contributed by atoms with Crippen molar-refractivity contribution in [3.63, 3.8) is 0 Å². The van der Waals surface area contributed by atoms with Gasteiger partial charge in [-0.1, -0.05) is 16.9 Å². The fourth-order valence-electron chi connectivity index (χ4n) is 1.53. The van der Waals surface area contributed by atoms with E-state index in [1.165, 1.54) is 11.8 Å². The number of rotatable bonds is 5. The molecule has 0 radical (unpaired) electrons. The molecular weight excluding hydrogens is 298 g/mol. The summed E-state index contributed by atoms with van der Waals surface area (Å²) in [4.78, 5) is 8.47. The van der Waals surface area contributed by atoms with E-state index in [9.17, 15) is 0 Å². The van der Waals surface area contributed by atoms with Crippen molar-refractivity contribution in [2.75, 3.05) is 0 Å². The van der Waals surface area contributed by atoms with Crippen molar-refractivity contribution in [1.29, 1.82) is 0 Å². The molecule has 0 unspecified atom stereocenters. The Hall–Kier alpha value is -1.74. The topological polar surface area (TPSA) is 90.7 Å². The van der Waals surface area contributed by atoms with Crippen LogP contribution in [-0.2, 0) is 12.2 Å². The Morgan fingerprint density at radius 3 is 2.80 bits per heavy atom. The maximum atomic E-state index is 5.54. The van der Waals surface area contributed by atoms with E-state index in [4.69, 9.17) is 8.94 Å². The molecule has 3 rings (SSSR count). The molecule has 104 valence electrons. The number of hydrogen-bond acceptors (Lipinski definition) is 9. The fraction of sp³-hybridized carbons (Fsp3) is 0.364. The van der Waals surface area contributed by atoms with E-state index in [-0.39, 0.29) is 0 Å². The minimum Gasteiger partial charge on any atom is -0.416 e. The zero-order valence-electron chi connectivity index (χ0n) is 10.9. The third kappa shape index (κ3) is 3.23. The van der Waals surface area contributed by atoms with E-state index in [0.29, 0.717) is 35.0 Å². The van der Waals surface area contributed by atoms with Crippen LogP contribution in [0.15, 0.2) is 19.5 Å². The lowest BCUT2D eigenvalue weighted by atomic mass is 10.3. The molecule has 7 nitrogen and oxygen atoms in total. The van der Waals surface area contributed by atoms with Gasteiger partial charge >= 0.3 is 0 Å². The fourth-order valence-corrected chi connectivity index (χ4v) is 2.76. The van der Waals surface area contributed by atoms with Crippen LogP contribution in [0, 0.1) is 13.8 Å². The standard InChI is InChI=1S/C11H11N5O2S2/c1-6-12-10(18-16-6)5-20-11-15-14-9(17-11)3-8-4-19-7(2)13-8/h4H,3,5H2,1-2H3. The second kappa shape index (κ2) is 5.71. The average Bonchev–Trinajstić information content (AvgIpc) is 3.11. The predicted octanol–water partition coefficient (Wildman–Crippen LogP) is 2.41. The second-order valence-electron chi connectivity index (χ2n) is 4.02. The molecule has 0 N–H and O–H groups in total. The van der Waals surface area contributed by atoms with Gasteiger partial charge < -0.3 is 8.94 Å². The van der Waals surface area contributed by atoms with Crippen molar-refractivity contribution >= 4 is 23.1 Å². The van der Waals surface area contributed by atoms with Crippen molar-refractivity contribution in [1.82, 2.24) is 25.3 Å². The van der Waals surface area contributed by atoms with E-state index in [1.54, 1.807) is 18.3 Å². The van der Waals surface area contributed by atoms with E-state index < -0.39 is 0 Å². The summed E-state index contributed by atoms with van der Waals surface area (Å²) in [5.41, 5.74) is 0.945. The molecule has 0 saturated heterocycles. The number of hydrogen-bond donors (Lipinski definition) is 0. The summed E-state index contributed by atoms with van der Waals surface area (Å²) >= 11 is 2.98. The van der Waals surface area contributed by atoms with Gasteiger partial charge in [-0.15, -0.1) is 21.5 Å².